The van der Waals surface area contributed by atoms with Crippen LogP contribution in [-0.4, -0.2) is 35.9 Å². The summed E-state index contributed by atoms with van der Waals surface area (Å²) in [6.45, 7) is 9.05. The van der Waals surface area contributed by atoms with E-state index in [-0.39, 0.29) is 0 Å². The summed E-state index contributed by atoms with van der Waals surface area (Å²) in [6, 6.07) is 8.97. The Kier molecular flexibility index (Phi) is 7.51. The first-order valence-corrected chi connectivity index (χ1v) is 9.11. The molecular weight excluding hydrogens is 310 g/mol. The predicted octanol–water partition coefficient (Wildman–Crippen LogP) is 3.11. The number of hydrogen-bond acceptors (Lipinski definition) is 2. The van der Waals surface area contributed by atoms with Crippen molar-refractivity contribution in [1.82, 2.24) is 20.4 Å². The molecule has 1 heterocycles. The number of aromatic nitrogens is 2. The molecule has 0 saturated heterocycles. The van der Waals surface area contributed by atoms with E-state index in [2.05, 4.69) is 58.8 Å². The molecule has 5 heteroatoms. The van der Waals surface area contributed by atoms with E-state index in [0.29, 0.717) is 5.92 Å². The normalized spacial score (nSPS) is 11.8. The molecule has 0 bridgehead atoms. The Bertz CT molecular complexity index is 655. The van der Waals surface area contributed by atoms with E-state index in [1.54, 1.807) is 7.05 Å². The second-order valence-corrected chi connectivity index (χ2v) is 6.71. The number of benzene rings is 1. The minimum atomic E-state index is 0.593. The third-order valence-corrected chi connectivity index (χ3v) is 4.20. The lowest BCUT2D eigenvalue weighted by atomic mass is 10.0. The third-order valence-electron chi connectivity index (χ3n) is 4.20. The smallest absolute Gasteiger partial charge is 0.191 e. The highest BCUT2D eigenvalue weighted by Crippen LogP contribution is 2.15. The molecule has 0 spiro atoms. The molecule has 0 amide bonds. The van der Waals surface area contributed by atoms with Gasteiger partial charge in [-0.15, -0.1) is 0 Å². The number of hydrogen-bond donors (Lipinski definition) is 2. The molecule has 0 unspecified atom stereocenters. The maximum Gasteiger partial charge on any atom is 0.191 e. The molecule has 0 radical (unpaired) electrons. The van der Waals surface area contributed by atoms with Crippen LogP contribution in [0.5, 0.6) is 0 Å². The molecule has 0 aliphatic heterocycles. The van der Waals surface area contributed by atoms with Crippen LogP contribution in [0, 0.1) is 6.92 Å². The Labute approximate surface area is 151 Å². The Morgan fingerprint density at radius 2 is 1.88 bits per heavy atom. The van der Waals surface area contributed by atoms with Crippen LogP contribution in [0.1, 0.15) is 42.9 Å². The van der Waals surface area contributed by atoms with Crippen molar-refractivity contribution in [3.8, 4) is 0 Å². The van der Waals surface area contributed by atoms with Gasteiger partial charge in [0, 0.05) is 26.3 Å². The van der Waals surface area contributed by atoms with Crippen LogP contribution in [0.2, 0.25) is 0 Å². The monoisotopic (exact) mass is 341 g/mol. The zero-order valence-electron chi connectivity index (χ0n) is 15.9. The van der Waals surface area contributed by atoms with Crippen molar-refractivity contribution in [3.05, 3.63) is 53.3 Å². The van der Waals surface area contributed by atoms with Crippen molar-refractivity contribution in [3.63, 3.8) is 0 Å². The lowest BCUT2D eigenvalue weighted by molar-refractivity contribution is 0.596. The van der Waals surface area contributed by atoms with E-state index in [4.69, 9.17) is 0 Å². The molecule has 136 valence electrons. The standard InChI is InChI=1S/C20H31N5/c1-16(2)19-9-7-18(8-10-19)6-5-11-22-20(21-4)23-12-13-25-15-17(3)14-24-25/h7-10,14-16H,5-6,11-13H2,1-4H3,(H2,21,22,23). The Morgan fingerprint density at radius 3 is 2.48 bits per heavy atom. The summed E-state index contributed by atoms with van der Waals surface area (Å²) in [4.78, 5) is 4.26. The van der Waals surface area contributed by atoms with Gasteiger partial charge in [-0.25, -0.2) is 0 Å². The van der Waals surface area contributed by atoms with Crippen molar-refractivity contribution in [2.45, 2.75) is 46.1 Å². The summed E-state index contributed by atoms with van der Waals surface area (Å²) >= 11 is 0. The summed E-state index contributed by atoms with van der Waals surface area (Å²) in [5, 5.41) is 11.0. The second kappa shape index (κ2) is 9.87. The van der Waals surface area contributed by atoms with Gasteiger partial charge in [-0.1, -0.05) is 38.1 Å². The van der Waals surface area contributed by atoms with Gasteiger partial charge in [0.05, 0.1) is 12.7 Å². The van der Waals surface area contributed by atoms with Gasteiger partial charge in [0.2, 0.25) is 0 Å². The molecule has 0 atom stereocenters. The van der Waals surface area contributed by atoms with Crippen molar-refractivity contribution >= 4 is 5.96 Å². The molecule has 2 N–H and O–H groups in total. The van der Waals surface area contributed by atoms with Gasteiger partial charge in [-0.3, -0.25) is 9.67 Å². The van der Waals surface area contributed by atoms with Crippen molar-refractivity contribution < 1.29 is 0 Å². The SMILES string of the molecule is CN=C(NCCCc1ccc(C(C)C)cc1)NCCn1cc(C)cn1. The Balaban J connectivity index is 1.63. The first-order chi connectivity index (χ1) is 12.1. The highest BCUT2D eigenvalue weighted by Gasteiger charge is 2.01. The fourth-order valence-electron chi connectivity index (χ4n) is 2.67. The first kappa shape index (κ1) is 19.0. The molecule has 25 heavy (non-hydrogen) atoms. The van der Waals surface area contributed by atoms with Crippen LogP contribution in [0.15, 0.2) is 41.7 Å². The molecule has 1 aromatic carbocycles. The third kappa shape index (κ3) is 6.61. The highest BCUT2D eigenvalue weighted by molar-refractivity contribution is 5.79. The lowest BCUT2D eigenvalue weighted by Crippen LogP contribution is -2.39. The average Bonchev–Trinajstić information content (AvgIpc) is 3.02. The van der Waals surface area contributed by atoms with Gasteiger partial charge in [-0.2, -0.15) is 5.10 Å². The van der Waals surface area contributed by atoms with Gasteiger partial charge >= 0.3 is 0 Å². The molecule has 1 aromatic heterocycles. The largest absolute Gasteiger partial charge is 0.356 e. The van der Waals surface area contributed by atoms with Crippen LogP contribution < -0.4 is 10.6 Å². The highest BCUT2D eigenvalue weighted by atomic mass is 15.3. The summed E-state index contributed by atoms with van der Waals surface area (Å²) in [5.74, 6) is 1.44. The van der Waals surface area contributed by atoms with Crippen LogP contribution in [0.4, 0.5) is 0 Å². The summed E-state index contributed by atoms with van der Waals surface area (Å²) < 4.78 is 1.94. The summed E-state index contributed by atoms with van der Waals surface area (Å²) in [7, 11) is 1.80. The van der Waals surface area contributed by atoms with Crippen molar-refractivity contribution in [2.75, 3.05) is 20.1 Å². The topological polar surface area (TPSA) is 54.2 Å². The van der Waals surface area contributed by atoms with Gasteiger partial charge in [0.25, 0.3) is 0 Å². The Hall–Kier alpha value is -2.30. The van der Waals surface area contributed by atoms with Crippen LogP contribution in [-0.2, 0) is 13.0 Å². The Morgan fingerprint density at radius 1 is 1.16 bits per heavy atom. The summed E-state index contributed by atoms with van der Waals surface area (Å²) in [5.41, 5.74) is 3.98. The molecule has 0 saturated carbocycles. The zero-order chi connectivity index (χ0) is 18.1. The maximum atomic E-state index is 4.28. The average molecular weight is 342 g/mol. The number of rotatable bonds is 8. The van der Waals surface area contributed by atoms with E-state index in [1.807, 2.05) is 24.0 Å². The minimum absolute atomic E-state index is 0.593. The maximum absolute atomic E-state index is 4.28. The van der Waals surface area contributed by atoms with E-state index in [1.165, 1.54) is 16.7 Å². The fourth-order valence-corrected chi connectivity index (χ4v) is 2.67. The van der Waals surface area contributed by atoms with E-state index in [0.717, 1.165) is 38.4 Å². The molecule has 0 fully saturated rings. The minimum Gasteiger partial charge on any atom is -0.356 e. The molecule has 5 nitrogen and oxygen atoms in total. The van der Waals surface area contributed by atoms with Crippen LogP contribution in [0.3, 0.4) is 0 Å². The molecule has 0 aliphatic carbocycles. The summed E-state index contributed by atoms with van der Waals surface area (Å²) in [6.07, 6.45) is 6.08. The van der Waals surface area contributed by atoms with Crippen molar-refractivity contribution in [2.24, 2.45) is 4.99 Å². The zero-order valence-corrected chi connectivity index (χ0v) is 15.9. The molecule has 2 rings (SSSR count). The number of nitrogens with zero attached hydrogens (tertiary/aromatic N) is 3. The quantitative estimate of drug-likeness (QED) is 0.441. The second-order valence-electron chi connectivity index (χ2n) is 6.71. The van der Waals surface area contributed by atoms with Crippen LogP contribution >= 0.6 is 0 Å². The lowest BCUT2D eigenvalue weighted by Gasteiger charge is -2.12. The molecule has 0 aliphatic rings. The predicted molar refractivity (Wildman–Crippen MR) is 105 cm³/mol. The number of nitrogens with one attached hydrogen (secondary N) is 2. The van der Waals surface area contributed by atoms with E-state index < -0.39 is 0 Å². The number of guanidine groups is 1. The molecule has 2 aromatic rings. The van der Waals surface area contributed by atoms with Gasteiger partial charge in [0.15, 0.2) is 5.96 Å². The molecular formula is C20H31N5. The fraction of sp³-hybridized carbons (Fsp3) is 0.500. The van der Waals surface area contributed by atoms with Gasteiger partial charge < -0.3 is 10.6 Å². The van der Waals surface area contributed by atoms with E-state index in [9.17, 15) is 0 Å². The van der Waals surface area contributed by atoms with Crippen LogP contribution in [0.25, 0.3) is 0 Å². The van der Waals surface area contributed by atoms with Gasteiger partial charge in [0.1, 0.15) is 0 Å². The number of aryl methyl sites for hydroxylation is 2. The van der Waals surface area contributed by atoms with Gasteiger partial charge in [-0.05, 0) is 42.4 Å². The number of aliphatic imine (C=N–C) groups is 1. The van der Waals surface area contributed by atoms with E-state index >= 15 is 0 Å². The first-order valence-electron chi connectivity index (χ1n) is 9.11. The van der Waals surface area contributed by atoms with Crippen molar-refractivity contribution in [1.29, 1.82) is 0 Å².